The summed E-state index contributed by atoms with van der Waals surface area (Å²) in [6, 6.07) is 7.87. The third-order valence-electron chi connectivity index (χ3n) is 6.03. The van der Waals surface area contributed by atoms with E-state index < -0.39 is 0 Å². The Bertz CT molecular complexity index is 1040. The molecule has 7 heteroatoms. The third-order valence-corrected chi connectivity index (χ3v) is 6.03. The van der Waals surface area contributed by atoms with Gasteiger partial charge in [0.2, 0.25) is 0 Å². The summed E-state index contributed by atoms with van der Waals surface area (Å²) in [5.41, 5.74) is 3.22. The highest BCUT2D eigenvalue weighted by molar-refractivity contribution is 5.62. The Morgan fingerprint density at radius 3 is 2.93 bits per heavy atom. The van der Waals surface area contributed by atoms with Crippen LogP contribution in [-0.2, 0) is 19.6 Å². The molecule has 0 amide bonds. The standard InChI is InChI=1S/C21H24N6O/c1-2-26-14-23-24-20(26)13-25-10-15-6-18(12-25)19-7-17(8-21(28)27(19)11-15)16-4-3-5-22-9-16/h3-5,7-9,14-15,18H,2,6,10-13H2,1H3/t15-,18+/m0/s1. The zero-order valence-corrected chi connectivity index (χ0v) is 16.0. The maximum atomic E-state index is 12.8. The molecule has 5 heterocycles. The number of hydrogen-bond acceptors (Lipinski definition) is 5. The predicted molar refractivity (Wildman–Crippen MR) is 106 cm³/mol. The van der Waals surface area contributed by atoms with Gasteiger partial charge in [-0.05, 0) is 37.0 Å². The van der Waals surface area contributed by atoms with E-state index in [1.54, 1.807) is 18.6 Å². The van der Waals surface area contributed by atoms with Crippen LogP contribution in [0.3, 0.4) is 0 Å². The molecule has 3 aromatic rings. The molecular weight excluding hydrogens is 352 g/mol. The van der Waals surface area contributed by atoms with Crippen molar-refractivity contribution in [2.24, 2.45) is 5.92 Å². The van der Waals surface area contributed by atoms with Crippen molar-refractivity contribution in [3.63, 3.8) is 0 Å². The lowest BCUT2D eigenvalue weighted by Crippen LogP contribution is -2.47. The van der Waals surface area contributed by atoms with Crippen LogP contribution < -0.4 is 5.56 Å². The molecule has 28 heavy (non-hydrogen) atoms. The number of pyridine rings is 2. The van der Waals surface area contributed by atoms with Gasteiger partial charge in [0.25, 0.3) is 5.56 Å². The molecule has 7 nitrogen and oxygen atoms in total. The third kappa shape index (κ3) is 3.05. The van der Waals surface area contributed by atoms with E-state index in [1.165, 1.54) is 0 Å². The summed E-state index contributed by atoms with van der Waals surface area (Å²) in [5, 5.41) is 8.35. The molecule has 1 saturated heterocycles. The van der Waals surface area contributed by atoms with Crippen LogP contribution in [0.25, 0.3) is 11.1 Å². The number of hydrogen-bond donors (Lipinski definition) is 0. The monoisotopic (exact) mass is 376 g/mol. The second-order valence-electron chi connectivity index (χ2n) is 7.89. The van der Waals surface area contributed by atoms with E-state index in [0.717, 1.165) is 61.8 Å². The number of likely N-dealkylation sites (tertiary alicyclic amines) is 1. The lowest BCUT2D eigenvalue weighted by molar-refractivity contribution is 0.111. The van der Waals surface area contributed by atoms with Gasteiger partial charge in [-0.25, -0.2) is 0 Å². The average Bonchev–Trinajstić information content (AvgIpc) is 3.16. The minimum absolute atomic E-state index is 0.102. The largest absolute Gasteiger partial charge is 0.317 e. The highest BCUT2D eigenvalue weighted by atomic mass is 16.1. The summed E-state index contributed by atoms with van der Waals surface area (Å²) in [4.78, 5) is 19.5. The van der Waals surface area contributed by atoms with Crippen molar-refractivity contribution in [3.8, 4) is 11.1 Å². The maximum Gasteiger partial charge on any atom is 0.251 e. The van der Waals surface area contributed by atoms with Gasteiger partial charge in [-0.15, -0.1) is 10.2 Å². The summed E-state index contributed by atoms with van der Waals surface area (Å²) in [6.45, 7) is 6.56. The zero-order valence-electron chi connectivity index (χ0n) is 16.0. The Morgan fingerprint density at radius 1 is 1.18 bits per heavy atom. The molecule has 0 radical (unpaired) electrons. The molecule has 0 unspecified atom stereocenters. The number of nitrogens with zero attached hydrogens (tertiary/aromatic N) is 6. The molecule has 2 atom stereocenters. The predicted octanol–water partition coefficient (Wildman–Crippen LogP) is 2.14. The zero-order chi connectivity index (χ0) is 19.1. The van der Waals surface area contributed by atoms with Crippen LogP contribution in [-0.4, -0.2) is 42.3 Å². The van der Waals surface area contributed by atoms with Crippen molar-refractivity contribution >= 4 is 0 Å². The fourth-order valence-corrected chi connectivity index (χ4v) is 4.75. The van der Waals surface area contributed by atoms with Crippen molar-refractivity contribution in [2.45, 2.75) is 38.9 Å². The molecule has 144 valence electrons. The van der Waals surface area contributed by atoms with Crippen LogP contribution in [0.5, 0.6) is 0 Å². The van der Waals surface area contributed by atoms with E-state index in [9.17, 15) is 4.79 Å². The van der Waals surface area contributed by atoms with Gasteiger partial charge in [0, 0.05) is 61.8 Å². The topological polar surface area (TPSA) is 68.8 Å². The molecule has 0 aromatic carbocycles. The van der Waals surface area contributed by atoms with Crippen LogP contribution in [0.4, 0.5) is 0 Å². The molecule has 0 spiro atoms. The van der Waals surface area contributed by atoms with Crippen molar-refractivity contribution in [2.75, 3.05) is 13.1 Å². The molecule has 2 bridgehead atoms. The summed E-state index contributed by atoms with van der Waals surface area (Å²) in [7, 11) is 0. The Labute approximate surface area is 163 Å². The number of rotatable bonds is 4. The summed E-state index contributed by atoms with van der Waals surface area (Å²) < 4.78 is 4.09. The van der Waals surface area contributed by atoms with Crippen LogP contribution in [0.1, 0.15) is 30.8 Å². The molecule has 0 saturated carbocycles. The van der Waals surface area contributed by atoms with Gasteiger partial charge < -0.3 is 9.13 Å². The van der Waals surface area contributed by atoms with Crippen molar-refractivity contribution < 1.29 is 0 Å². The van der Waals surface area contributed by atoms with Gasteiger partial charge in [-0.3, -0.25) is 14.7 Å². The quantitative estimate of drug-likeness (QED) is 0.698. The Kier molecular flexibility index (Phi) is 4.31. The SMILES string of the molecule is CCn1cnnc1CN1C[C@@H]2C[C@H](C1)c1cc(-c3cccnc3)cc(=O)n1C2. The lowest BCUT2D eigenvalue weighted by atomic mass is 9.82. The smallest absolute Gasteiger partial charge is 0.251 e. The van der Waals surface area contributed by atoms with E-state index in [1.807, 2.05) is 22.9 Å². The van der Waals surface area contributed by atoms with Gasteiger partial charge in [-0.2, -0.15) is 0 Å². The van der Waals surface area contributed by atoms with Crippen molar-refractivity contribution in [1.82, 2.24) is 29.2 Å². The Hall–Kier alpha value is -2.80. The summed E-state index contributed by atoms with van der Waals surface area (Å²) in [5.74, 6) is 1.89. The van der Waals surface area contributed by atoms with Gasteiger partial charge in [0.1, 0.15) is 12.2 Å². The van der Waals surface area contributed by atoms with Gasteiger partial charge in [-0.1, -0.05) is 6.07 Å². The minimum Gasteiger partial charge on any atom is -0.317 e. The van der Waals surface area contributed by atoms with Gasteiger partial charge >= 0.3 is 0 Å². The Balaban J connectivity index is 1.45. The molecule has 2 aliphatic rings. The molecule has 0 N–H and O–H groups in total. The molecular formula is C21H24N6O. The first-order chi connectivity index (χ1) is 13.7. The van der Waals surface area contributed by atoms with E-state index >= 15 is 0 Å². The van der Waals surface area contributed by atoms with Crippen molar-refractivity contribution in [3.05, 3.63) is 64.9 Å². The fraction of sp³-hybridized carbons (Fsp3) is 0.429. The molecule has 0 aliphatic carbocycles. The summed E-state index contributed by atoms with van der Waals surface area (Å²) in [6.07, 6.45) is 6.53. The van der Waals surface area contributed by atoms with Crippen LogP contribution >= 0.6 is 0 Å². The number of fused-ring (bicyclic) bond motifs is 4. The number of aryl methyl sites for hydroxylation is 1. The van der Waals surface area contributed by atoms with E-state index in [-0.39, 0.29) is 5.56 Å². The second-order valence-corrected chi connectivity index (χ2v) is 7.89. The highest BCUT2D eigenvalue weighted by Crippen LogP contribution is 2.36. The minimum atomic E-state index is 0.102. The number of aromatic nitrogens is 5. The van der Waals surface area contributed by atoms with Gasteiger partial charge in [0.15, 0.2) is 0 Å². The van der Waals surface area contributed by atoms with Crippen molar-refractivity contribution in [1.29, 1.82) is 0 Å². The van der Waals surface area contributed by atoms with E-state index in [4.69, 9.17) is 0 Å². The second kappa shape index (κ2) is 6.98. The fourth-order valence-electron chi connectivity index (χ4n) is 4.75. The van der Waals surface area contributed by atoms with Gasteiger partial charge in [0.05, 0.1) is 6.54 Å². The molecule has 3 aromatic heterocycles. The normalized spacial score (nSPS) is 21.5. The molecule has 5 rings (SSSR count). The van der Waals surface area contributed by atoms with E-state index in [0.29, 0.717) is 11.8 Å². The first-order valence-corrected chi connectivity index (χ1v) is 9.95. The van der Waals surface area contributed by atoms with E-state index in [2.05, 4.69) is 37.6 Å². The first kappa shape index (κ1) is 17.3. The Morgan fingerprint density at radius 2 is 2.11 bits per heavy atom. The average molecular weight is 376 g/mol. The number of piperidine rings is 1. The highest BCUT2D eigenvalue weighted by Gasteiger charge is 2.35. The summed E-state index contributed by atoms with van der Waals surface area (Å²) >= 11 is 0. The van der Waals surface area contributed by atoms with Crippen LogP contribution in [0.15, 0.2) is 47.8 Å². The molecule has 1 fully saturated rings. The first-order valence-electron chi connectivity index (χ1n) is 9.95. The van der Waals surface area contributed by atoms with Crippen LogP contribution in [0.2, 0.25) is 0 Å². The maximum absolute atomic E-state index is 12.8. The van der Waals surface area contributed by atoms with Crippen LogP contribution in [0, 0.1) is 5.92 Å². The molecule has 2 aliphatic heterocycles. The lowest BCUT2D eigenvalue weighted by Gasteiger charge is -2.42.